The molecule has 5 rings (SSSR count). The highest BCUT2D eigenvalue weighted by Crippen LogP contribution is 2.33. The second kappa shape index (κ2) is 9.00. The number of hydrogen-bond donors (Lipinski definition) is 0. The van der Waals surface area contributed by atoms with Crippen LogP contribution in [0.25, 0.3) is 11.3 Å². The number of hydrogen-bond acceptors (Lipinski definition) is 6. The first-order valence-electron chi connectivity index (χ1n) is 11.4. The van der Waals surface area contributed by atoms with E-state index in [4.69, 9.17) is 14.7 Å². The fraction of sp³-hybridized carbons (Fsp3) is 0.417. The van der Waals surface area contributed by atoms with Gasteiger partial charge in [0.25, 0.3) is 0 Å². The van der Waals surface area contributed by atoms with E-state index < -0.39 is 11.6 Å². The van der Waals surface area contributed by atoms with Gasteiger partial charge in [0.15, 0.2) is 17.4 Å². The summed E-state index contributed by atoms with van der Waals surface area (Å²) in [5, 5.41) is 4.29. The van der Waals surface area contributed by atoms with Crippen LogP contribution in [0.5, 0.6) is 5.75 Å². The van der Waals surface area contributed by atoms with E-state index in [9.17, 15) is 13.6 Å². The predicted octanol–water partition coefficient (Wildman–Crippen LogP) is 3.11. The maximum atomic E-state index is 14.1. The number of carbonyl (C=O) groups excluding carboxylic acids is 1. The molecule has 1 atom stereocenters. The maximum Gasteiger partial charge on any atom is 0.219 e. The molecule has 1 aromatic carbocycles. The van der Waals surface area contributed by atoms with Crippen molar-refractivity contribution in [2.45, 2.75) is 38.8 Å². The molecule has 2 aromatic heterocycles. The van der Waals surface area contributed by atoms with Gasteiger partial charge in [-0.3, -0.25) is 9.48 Å². The topological polar surface area (TPSA) is 76.4 Å². The maximum absolute atomic E-state index is 14.1. The summed E-state index contributed by atoms with van der Waals surface area (Å²) in [6.07, 6.45) is 5.46. The van der Waals surface area contributed by atoms with E-state index in [0.717, 1.165) is 60.4 Å². The van der Waals surface area contributed by atoms with Crippen LogP contribution in [-0.4, -0.2) is 56.3 Å². The summed E-state index contributed by atoms with van der Waals surface area (Å²) >= 11 is 0. The first kappa shape index (κ1) is 22.2. The minimum Gasteiger partial charge on any atom is -0.485 e. The van der Waals surface area contributed by atoms with Crippen molar-refractivity contribution in [2.75, 3.05) is 24.5 Å². The Morgan fingerprint density at radius 1 is 1.18 bits per heavy atom. The lowest BCUT2D eigenvalue weighted by Crippen LogP contribution is -2.42. The molecule has 0 aliphatic carbocycles. The van der Waals surface area contributed by atoms with Crippen LogP contribution in [0.4, 0.5) is 14.6 Å². The van der Waals surface area contributed by atoms with Crippen LogP contribution < -0.4 is 9.64 Å². The third-order valence-electron chi connectivity index (χ3n) is 6.28. The molecule has 0 radical (unpaired) electrons. The van der Waals surface area contributed by atoms with Gasteiger partial charge < -0.3 is 14.5 Å². The predicted molar refractivity (Wildman–Crippen MR) is 121 cm³/mol. The first-order valence-corrected chi connectivity index (χ1v) is 11.4. The molecule has 0 bridgehead atoms. The number of benzene rings is 1. The van der Waals surface area contributed by atoms with E-state index in [1.807, 2.05) is 13.2 Å². The number of anilines is 1. The number of piperidine rings is 1. The zero-order chi connectivity index (χ0) is 23.8. The Balaban J connectivity index is 1.47. The van der Waals surface area contributed by atoms with Crippen molar-refractivity contribution in [1.29, 1.82) is 0 Å². The lowest BCUT2D eigenvalue weighted by Gasteiger charge is -2.35. The number of nitrogens with zero attached hydrogens (tertiary/aromatic N) is 6. The van der Waals surface area contributed by atoms with Crippen LogP contribution in [0, 0.1) is 11.6 Å². The molecule has 1 fully saturated rings. The average Bonchev–Trinajstić information content (AvgIpc) is 3.26. The Morgan fingerprint density at radius 3 is 2.79 bits per heavy atom. The second-order valence-corrected chi connectivity index (χ2v) is 8.79. The molecular formula is C24H26F2N6O2. The number of amides is 1. The van der Waals surface area contributed by atoms with Crippen molar-refractivity contribution in [3.8, 4) is 17.0 Å². The summed E-state index contributed by atoms with van der Waals surface area (Å²) in [6, 6.07) is 3.23. The number of rotatable bonds is 4. The van der Waals surface area contributed by atoms with Crippen LogP contribution in [0.3, 0.4) is 0 Å². The molecular weight excluding hydrogens is 442 g/mol. The first-order chi connectivity index (χ1) is 16.4. The van der Waals surface area contributed by atoms with E-state index in [1.54, 1.807) is 22.7 Å². The standard InChI is InChI=1S/C24H26F2N6O2/c1-15(33)31-9-7-20-21(14-31)28-23(16-11-27-30(2)12-16)24(29-20)32-8-3-4-18(13-32)34-22-10-17(25)5-6-19(22)26/h5-6,10-12,18H,3-4,7-9,13-14H2,1-2H3. The van der Waals surface area contributed by atoms with Gasteiger partial charge >= 0.3 is 0 Å². The quantitative estimate of drug-likeness (QED) is 0.586. The number of ether oxygens (including phenoxy) is 1. The van der Waals surface area contributed by atoms with Gasteiger partial charge in [0.2, 0.25) is 5.91 Å². The van der Waals surface area contributed by atoms with Crippen LogP contribution in [0.2, 0.25) is 0 Å². The Labute approximate surface area is 196 Å². The number of aromatic nitrogens is 4. The Hall–Kier alpha value is -3.56. The molecule has 2 aliphatic heterocycles. The molecule has 0 saturated carbocycles. The highest BCUT2D eigenvalue weighted by atomic mass is 19.1. The second-order valence-electron chi connectivity index (χ2n) is 8.79. The zero-order valence-corrected chi connectivity index (χ0v) is 19.2. The van der Waals surface area contributed by atoms with Gasteiger partial charge in [0.05, 0.1) is 30.7 Å². The van der Waals surface area contributed by atoms with Crippen LogP contribution in [-0.2, 0) is 24.8 Å². The molecule has 34 heavy (non-hydrogen) atoms. The fourth-order valence-corrected chi connectivity index (χ4v) is 4.52. The molecule has 2 aliphatic rings. The summed E-state index contributed by atoms with van der Waals surface area (Å²) in [5.41, 5.74) is 3.18. The monoisotopic (exact) mass is 468 g/mol. The number of carbonyl (C=O) groups is 1. The Bertz CT molecular complexity index is 1230. The summed E-state index contributed by atoms with van der Waals surface area (Å²) in [4.78, 5) is 25.7. The smallest absolute Gasteiger partial charge is 0.219 e. The van der Waals surface area contributed by atoms with E-state index in [2.05, 4.69) is 10.00 Å². The largest absolute Gasteiger partial charge is 0.485 e. The molecule has 178 valence electrons. The number of aryl methyl sites for hydroxylation is 1. The van der Waals surface area contributed by atoms with E-state index in [0.29, 0.717) is 31.7 Å². The van der Waals surface area contributed by atoms with Gasteiger partial charge in [-0.25, -0.2) is 18.7 Å². The van der Waals surface area contributed by atoms with E-state index >= 15 is 0 Å². The van der Waals surface area contributed by atoms with Gasteiger partial charge in [-0.2, -0.15) is 5.10 Å². The van der Waals surface area contributed by atoms with Gasteiger partial charge in [-0.15, -0.1) is 0 Å². The summed E-state index contributed by atoms with van der Waals surface area (Å²) < 4.78 is 35.3. The van der Waals surface area contributed by atoms with Crippen LogP contribution in [0.15, 0.2) is 30.6 Å². The minimum atomic E-state index is -0.585. The Morgan fingerprint density at radius 2 is 2.03 bits per heavy atom. The minimum absolute atomic E-state index is 0.0139. The molecule has 3 aromatic rings. The summed E-state index contributed by atoms with van der Waals surface area (Å²) in [6.45, 7) is 3.80. The third-order valence-corrected chi connectivity index (χ3v) is 6.28. The molecule has 4 heterocycles. The van der Waals surface area contributed by atoms with Crippen LogP contribution in [0.1, 0.15) is 31.2 Å². The molecule has 0 spiro atoms. The SMILES string of the molecule is CC(=O)N1CCc2nc(N3CCCC(Oc4cc(F)ccc4F)C3)c(-c3cnn(C)c3)nc2C1. The van der Waals surface area contributed by atoms with Gasteiger partial charge in [-0.05, 0) is 25.0 Å². The molecule has 1 unspecified atom stereocenters. The molecule has 10 heteroatoms. The van der Waals surface area contributed by atoms with Crippen molar-refractivity contribution < 1.29 is 18.3 Å². The third kappa shape index (κ3) is 4.44. The van der Waals surface area contributed by atoms with Crippen molar-refractivity contribution in [2.24, 2.45) is 7.05 Å². The van der Waals surface area contributed by atoms with E-state index in [1.165, 1.54) is 0 Å². The molecule has 8 nitrogen and oxygen atoms in total. The van der Waals surface area contributed by atoms with Gasteiger partial charge in [-0.1, -0.05) is 0 Å². The normalized spacial score (nSPS) is 18.1. The number of fused-ring (bicyclic) bond motifs is 1. The van der Waals surface area contributed by atoms with Crippen molar-refractivity contribution >= 4 is 11.7 Å². The van der Waals surface area contributed by atoms with E-state index in [-0.39, 0.29) is 17.8 Å². The average molecular weight is 469 g/mol. The lowest BCUT2D eigenvalue weighted by atomic mass is 10.1. The highest BCUT2D eigenvalue weighted by Gasteiger charge is 2.29. The number of halogens is 2. The van der Waals surface area contributed by atoms with Gasteiger partial charge in [0, 0.05) is 51.3 Å². The molecule has 1 amide bonds. The zero-order valence-electron chi connectivity index (χ0n) is 19.2. The fourth-order valence-electron chi connectivity index (χ4n) is 4.52. The molecule has 1 saturated heterocycles. The van der Waals surface area contributed by atoms with Gasteiger partial charge in [0.1, 0.15) is 17.6 Å². The van der Waals surface area contributed by atoms with Crippen molar-refractivity contribution in [3.63, 3.8) is 0 Å². The molecule has 0 N–H and O–H groups in total. The summed E-state index contributed by atoms with van der Waals surface area (Å²) in [7, 11) is 1.84. The van der Waals surface area contributed by atoms with Crippen molar-refractivity contribution in [1.82, 2.24) is 24.6 Å². The van der Waals surface area contributed by atoms with Crippen molar-refractivity contribution in [3.05, 3.63) is 53.6 Å². The highest BCUT2D eigenvalue weighted by molar-refractivity contribution is 5.74. The lowest BCUT2D eigenvalue weighted by molar-refractivity contribution is -0.129. The van der Waals surface area contributed by atoms with Crippen LogP contribution >= 0.6 is 0 Å². The Kier molecular flexibility index (Phi) is 5.89. The summed E-state index contributed by atoms with van der Waals surface area (Å²) in [5.74, 6) is -0.475.